The fraction of sp³-hybridized carbons (Fsp3) is 1.00. The average molecular weight is 236 g/mol. The van der Waals surface area contributed by atoms with Crippen molar-refractivity contribution in [3.05, 3.63) is 0 Å². The summed E-state index contributed by atoms with van der Waals surface area (Å²) in [5.41, 5.74) is 0. The zero-order valence-electron chi connectivity index (χ0n) is 9.18. The Balaban J connectivity index is 2.43. The molecule has 90 valence electrons. The van der Waals surface area contributed by atoms with E-state index in [1.807, 2.05) is 6.92 Å². The molecular weight excluding hydrogens is 216 g/mol. The number of nitrogens with two attached hydrogens (primary N) is 1. The molecule has 6 heteroatoms. The molecule has 0 unspecified atom stereocenters. The van der Waals surface area contributed by atoms with Crippen molar-refractivity contribution < 1.29 is 13.3 Å². The summed E-state index contributed by atoms with van der Waals surface area (Å²) in [5.74, 6) is 5.66. The summed E-state index contributed by atoms with van der Waals surface area (Å²) in [5, 5.41) is 0. The summed E-state index contributed by atoms with van der Waals surface area (Å²) in [6, 6.07) is 0. The van der Waals surface area contributed by atoms with E-state index in [4.69, 9.17) is 5.90 Å². The molecule has 0 radical (unpaired) electrons. The smallest absolute Gasteiger partial charge is 0.214 e. The first-order valence-corrected chi connectivity index (χ1v) is 7.00. The number of piperidine rings is 1. The molecule has 0 aliphatic carbocycles. The van der Waals surface area contributed by atoms with Gasteiger partial charge in [-0.15, -0.1) is 0 Å². The van der Waals surface area contributed by atoms with Crippen molar-refractivity contribution in [1.82, 2.24) is 4.31 Å². The van der Waals surface area contributed by atoms with Crippen LogP contribution in [0.3, 0.4) is 0 Å². The Labute approximate surface area is 91.6 Å². The van der Waals surface area contributed by atoms with E-state index in [2.05, 4.69) is 4.84 Å². The lowest BCUT2D eigenvalue weighted by atomic mass is 9.99. The van der Waals surface area contributed by atoms with Crippen LogP contribution in [0, 0.1) is 5.92 Å². The highest BCUT2D eigenvalue weighted by atomic mass is 32.2. The third kappa shape index (κ3) is 3.71. The van der Waals surface area contributed by atoms with Gasteiger partial charge in [-0.3, -0.25) is 0 Å². The molecule has 5 nitrogen and oxygen atoms in total. The van der Waals surface area contributed by atoms with E-state index in [9.17, 15) is 8.42 Å². The van der Waals surface area contributed by atoms with Crippen molar-refractivity contribution in [1.29, 1.82) is 0 Å². The zero-order valence-corrected chi connectivity index (χ0v) is 10.0. The highest BCUT2D eigenvalue weighted by Gasteiger charge is 2.27. The van der Waals surface area contributed by atoms with E-state index in [1.54, 1.807) is 4.31 Å². The minimum Gasteiger partial charge on any atom is -0.304 e. The van der Waals surface area contributed by atoms with Crippen molar-refractivity contribution in [2.24, 2.45) is 11.8 Å². The molecule has 1 heterocycles. The molecule has 1 saturated heterocycles. The van der Waals surface area contributed by atoms with E-state index >= 15 is 0 Å². The first kappa shape index (κ1) is 12.9. The first-order chi connectivity index (χ1) is 7.10. The lowest BCUT2D eigenvalue weighted by Crippen LogP contribution is -2.40. The Morgan fingerprint density at radius 2 is 2.00 bits per heavy atom. The molecule has 0 spiro atoms. The van der Waals surface area contributed by atoms with E-state index < -0.39 is 10.0 Å². The normalized spacial score (nSPS) is 20.7. The van der Waals surface area contributed by atoms with Gasteiger partial charge < -0.3 is 4.84 Å². The van der Waals surface area contributed by atoms with Gasteiger partial charge in [-0.25, -0.2) is 18.6 Å². The maximum atomic E-state index is 11.7. The maximum absolute atomic E-state index is 11.7. The third-order valence-corrected chi connectivity index (χ3v) is 4.84. The Morgan fingerprint density at radius 3 is 2.47 bits per heavy atom. The molecule has 0 aromatic carbocycles. The molecule has 0 bridgehead atoms. The monoisotopic (exact) mass is 236 g/mol. The minimum atomic E-state index is -3.01. The van der Waals surface area contributed by atoms with Gasteiger partial charge in [0.05, 0.1) is 12.4 Å². The van der Waals surface area contributed by atoms with Crippen LogP contribution in [0.4, 0.5) is 0 Å². The molecule has 0 aromatic rings. The Morgan fingerprint density at radius 1 is 1.40 bits per heavy atom. The van der Waals surface area contributed by atoms with Gasteiger partial charge >= 0.3 is 0 Å². The predicted molar refractivity (Wildman–Crippen MR) is 58.5 cm³/mol. The summed E-state index contributed by atoms with van der Waals surface area (Å²) >= 11 is 0. The van der Waals surface area contributed by atoms with E-state index in [0.717, 1.165) is 12.8 Å². The van der Waals surface area contributed by atoms with Gasteiger partial charge in [0, 0.05) is 13.1 Å². The third-order valence-electron chi connectivity index (χ3n) is 2.76. The lowest BCUT2D eigenvalue weighted by molar-refractivity contribution is 0.0805. The van der Waals surface area contributed by atoms with E-state index in [1.165, 1.54) is 0 Å². The second kappa shape index (κ2) is 5.79. The first-order valence-electron chi connectivity index (χ1n) is 5.39. The van der Waals surface area contributed by atoms with Crippen LogP contribution in [0.15, 0.2) is 0 Å². The molecule has 1 rings (SSSR count). The second-order valence-corrected chi connectivity index (χ2v) is 6.08. The molecule has 0 amide bonds. The van der Waals surface area contributed by atoms with Crippen LogP contribution in [0.25, 0.3) is 0 Å². The van der Waals surface area contributed by atoms with Crippen LogP contribution < -0.4 is 5.90 Å². The molecule has 0 aromatic heterocycles. The quantitative estimate of drug-likeness (QED) is 0.698. The summed E-state index contributed by atoms with van der Waals surface area (Å²) < 4.78 is 25.0. The fourth-order valence-electron chi connectivity index (χ4n) is 1.88. The Hall–Kier alpha value is -0.170. The van der Waals surface area contributed by atoms with Crippen LogP contribution in [0.5, 0.6) is 0 Å². The van der Waals surface area contributed by atoms with E-state index in [0.29, 0.717) is 32.0 Å². The molecule has 1 aliphatic heterocycles. The number of nitrogens with zero attached hydrogens (tertiary/aromatic N) is 1. The maximum Gasteiger partial charge on any atom is 0.214 e. The van der Waals surface area contributed by atoms with Gasteiger partial charge in [-0.2, -0.15) is 0 Å². The zero-order chi connectivity index (χ0) is 11.3. The molecule has 2 N–H and O–H groups in total. The molecular formula is C9H20N2O3S. The number of hydrogen-bond donors (Lipinski definition) is 1. The van der Waals surface area contributed by atoms with Gasteiger partial charge in [0.15, 0.2) is 0 Å². The highest BCUT2D eigenvalue weighted by Crippen LogP contribution is 2.19. The summed E-state index contributed by atoms with van der Waals surface area (Å²) in [6.07, 6.45) is 2.37. The van der Waals surface area contributed by atoms with Crippen molar-refractivity contribution in [2.75, 3.05) is 25.4 Å². The predicted octanol–water partition coefficient (Wildman–Crippen LogP) is 0.329. The minimum absolute atomic E-state index is 0.255. The molecule has 1 fully saturated rings. The molecule has 0 saturated carbocycles. The number of hydrogen-bond acceptors (Lipinski definition) is 4. The van der Waals surface area contributed by atoms with Crippen LogP contribution in [-0.2, 0) is 14.9 Å². The van der Waals surface area contributed by atoms with Crippen LogP contribution in [-0.4, -0.2) is 38.2 Å². The Kier molecular flexibility index (Phi) is 4.98. The van der Waals surface area contributed by atoms with Gasteiger partial charge in [0.25, 0.3) is 0 Å². The van der Waals surface area contributed by atoms with Crippen LogP contribution >= 0.6 is 0 Å². The molecule has 0 atom stereocenters. The highest BCUT2D eigenvalue weighted by molar-refractivity contribution is 7.89. The largest absolute Gasteiger partial charge is 0.304 e. The van der Waals surface area contributed by atoms with Crippen molar-refractivity contribution >= 4 is 10.0 Å². The SMILES string of the molecule is CCCS(=O)(=O)N1CCC(CON)CC1. The number of rotatable bonds is 5. The average Bonchev–Trinajstić information content (AvgIpc) is 2.19. The van der Waals surface area contributed by atoms with Gasteiger partial charge in [0.2, 0.25) is 10.0 Å². The van der Waals surface area contributed by atoms with Crippen LogP contribution in [0.2, 0.25) is 0 Å². The fourth-order valence-corrected chi connectivity index (χ4v) is 3.42. The number of sulfonamides is 1. The van der Waals surface area contributed by atoms with Crippen LogP contribution in [0.1, 0.15) is 26.2 Å². The molecule has 1 aliphatic rings. The summed E-state index contributed by atoms with van der Waals surface area (Å²) in [4.78, 5) is 4.58. The van der Waals surface area contributed by atoms with E-state index in [-0.39, 0.29) is 5.75 Å². The topological polar surface area (TPSA) is 72.6 Å². The van der Waals surface area contributed by atoms with Crippen molar-refractivity contribution in [3.63, 3.8) is 0 Å². The molecule has 15 heavy (non-hydrogen) atoms. The summed E-state index contributed by atoms with van der Waals surface area (Å²) in [7, 11) is -3.01. The Bertz CT molecular complexity index is 271. The van der Waals surface area contributed by atoms with Crippen molar-refractivity contribution in [3.8, 4) is 0 Å². The van der Waals surface area contributed by atoms with Gasteiger partial charge in [-0.1, -0.05) is 6.92 Å². The lowest BCUT2D eigenvalue weighted by Gasteiger charge is -2.30. The van der Waals surface area contributed by atoms with Gasteiger partial charge in [-0.05, 0) is 25.2 Å². The summed E-state index contributed by atoms with van der Waals surface area (Å²) in [6.45, 7) is 3.63. The standard InChI is InChI=1S/C9H20N2O3S/c1-2-7-15(12,13)11-5-3-9(4-6-11)8-14-10/h9H,2-8,10H2,1H3. The van der Waals surface area contributed by atoms with Gasteiger partial charge in [0.1, 0.15) is 0 Å². The second-order valence-electron chi connectivity index (χ2n) is 3.99. The van der Waals surface area contributed by atoms with Crippen molar-refractivity contribution in [2.45, 2.75) is 26.2 Å².